The summed E-state index contributed by atoms with van der Waals surface area (Å²) in [5.74, 6) is 0.0538. The first-order valence-electron chi connectivity index (χ1n) is 7.77. The average Bonchev–Trinajstić information content (AvgIpc) is 2.54. The Labute approximate surface area is 139 Å². The van der Waals surface area contributed by atoms with Crippen LogP contribution in [0.15, 0.2) is 9.95 Å². The quantitative estimate of drug-likeness (QED) is 0.687. The van der Waals surface area contributed by atoms with E-state index in [4.69, 9.17) is 10.2 Å². The zero-order chi connectivity index (χ0) is 17.0. The van der Waals surface area contributed by atoms with Crippen LogP contribution in [0, 0.1) is 12.8 Å². The highest BCUT2D eigenvalue weighted by Crippen LogP contribution is 2.27. The molecule has 1 aliphatic rings. The van der Waals surface area contributed by atoms with Crippen LogP contribution in [0.5, 0.6) is 0 Å². The van der Waals surface area contributed by atoms with Crippen LogP contribution >= 0.6 is 11.8 Å². The van der Waals surface area contributed by atoms with Gasteiger partial charge in [0, 0.05) is 36.6 Å². The van der Waals surface area contributed by atoms with Crippen LogP contribution in [0.4, 0.5) is 0 Å². The monoisotopic (exact) mass is 341 g/mol. The zero-order valence-corrected chi connectivity index (χ0v) is 14.3. The lowest BCUT2D eigenvalue weighted by molar-refractivity contribution is -0.136. The van der Waals surface area contributed by atoms with Gasteiger partial charge in [0.25, 0.3) is 5.56 Å². The summed E-state index contributed by atoms with van der Waals surface area (Å²) in [5, 5.41) is 18.8. The fourth-order valence-corrected chi connectivity index (χ4v) is 3.90. The van der Waals surface area contributed by atoms with Crippen LogP contribution in [0.1, 0.15) is 18.2 Å². The fraction of sp³-hybridized carbons (Fsp3) is 0.667. The van der Waals surface area contributed by atoms with Crippen molar-refractivity contribution in [1.29, 1.82) is 0 Å². The number of aliphatic hydroxyl groups is 2. The molecule has 1 atom stereocenters. The third kappa shape index (κ3) is 3.76. The van der Waals surface area contributed by atoms with Gasteiger partial charge in [0.15, 0.2) is 5.16 Å². The van der Waals surface area contributed by atoms with Gasteiger partial charge in [-0.15, -0.1) is 0 Å². The van der Waals surface area contributed by atoms with Gasteiger partial charge in [-0.3, -0.25) is 14.2 Å². The van der Waals surface area contributed by atoms with Crippen molar-refractivity contribution >= 4 is 17.7 Å². The van der Waals surface area contributed by atoms with E-state index in [-0.39, 0.29) is 43.7 Å². The van der Waals surface area contributed by atoms with E-state index in [9.17, 15) is 9.59 Å². The third-order valence-corrected chi connectivity index (χ3v) is 5.14. The van der Waals surface area contributed by atoms with Crippen molar-refractivity contribution in [2.75, 3.05) is 32.1 Å². The van der Waals surface area contributed by atoms with Gasteiger partial charge < -0.3 is 15.1 Å². The molecule has 2 rings (SSSR count). The molecule has 0 saturated carbocycles. The molecule has 1 amide bonds. The molecule has 0 aliphatic carbocycles. The maximum atomic E-state index is 12.6. The van der Waals surface area contributed by atoms with Crippen LogP contribution in [0.25, 0.3) is 0 Å². The predicted octanol–water partition coefficient (Wildman–Crippen LogP) is -0.351. The van der Waals surface area contributed by atoms with E-state index >= 15 is 0 Å². The van der Waals surface area contributed by atoms with Crippen molar-refractivity contribution in [1.82, 2.24) is 14.5 Å². The molecule has 0 fully saturated rings. The van der Waals surface area contributed by atoms with Gasteiger partial charge in [0.05, 0.1) is 19.1 Å². The summed E-state index contributed by atoms with van der Waals surface area (Å²) < 4.78 is 1.58. The summed E-state index contributed by atoms with van der Waals surface area (Å²) in [5.41, 5.74) is 1.36. The van der Waals surface area contributed by atoms with Gasteiger partial charge in [-0.1, -0.05) is 18.7 Å². The second-order valence-corrected chi connectivity index (χ2v) is 6.50. The topological polar surface area (TPSA) is 95.7 Å². The Morgan fingerprint density at radius 1 is 1.39 bits per heavy atom. The highest BCUT2D eigenvalue weighted by molar-refractivity contribution is 7.99. The number of hydrogen-bond acceptors (Lipinski definition) is 6. The SMILES string of the molecule is CCc1c(C)nc2n(c1=O)CC(C(=O)N(CCO)CCO)CS2. The van der Waals surface area contributed by atoms with Crippen LogP contribution in [-0.4, -0.2) is 62.6 Å². The summed E-state index contributed by atoms with van der Waals surface area (Å²) in [6.07, 6.45) is 0.613. The second kappa shape index (κ2) is 7.94. The number of aliphatic hydroxyl groups excluding tert-OH is 2. The van der Waals surface area contributed by atoms with E-state index < -0.39 is 0 Å². The van der Waals surface area contributed by atoms with Crippen molar-refractivity contribution in [3.63, 3.8) is 0 Å². The highest BCUT2D eigenvalue weighted by Gasteiger charge is 2.30. The normalized spacial score (nSPS) is 17.0. The zero-order valence-electron chi connectivity index (χ0n) is 13.5. The Hall–Kier alpha value is -1.38. The van der Waals surface area contributed by atoms with Crippen LogP contribution in [0.3, 0.4) is 0 Å². The molecule has 0 spiro atoms. The Morgan fingerprint density at radius 3 is 2.61 bits per heavy atom. The molecule has 0 radical (unpaired) electrons. The minimum absolute atomic E-state index is 0.0733. The van der Waals surface area contributed by atoms with Crippen LogP contribution < -0.4 is 5.56 Å². The molecule has 0 saturated heterocycles. The average molecular weight is 341 g/mol. The number of amides is 1. The summed E-state index contributed by atoms with van der Waals surface area (Å²) in [6, 6.07) is 0. The lowest BCUT2D eigenvalue weighted by Gasteiger charge is -2.30. The number of nitrogens with zero attached hydrogens (tertiary/aromatic N) is 3. The number of carbonyl (C=O) groups excluding carboxylic acids is 1. The Bertz CT molecular complexity index is 626. The van der Waals surface area contributed by atoms with Crippen LogP contribution in [-0.2, 0) is 17.8 Å². The molecule has 1 aromatic rings. The fourth-order valence-electron chi connectivity index (χ4n) is 2.78. The molecule has 7 nitrogen and oxygen atoms in total. The minimum atomic E-state index is -0.350. The number of thioether (sulfide) groups is 1. The first-order chi connectivity index (χ1) is 11.0. The van der Waals surface area contributed by atoms with E-state index in [1.165, 1.54) is 16.7 Å². The molecule has 2 heterocycles. The Balaban J connectivity index is 2.25. The molecule has 23 heavy (non-hydrogen) atoms. The van der Waals surface area contributed by atoms with Gasteiger partial charge in [0.1, 0.15) is 0 Å². The number of aryl methyl sites for hydroxylation is 1. The molecule has 0 aromatic carbocycles. The maximum Gasteiger partial charge on any atom is 0.257 e. The predicted molar refractivity (Wildman–Crippen MR) is 87.6 cm³/mol. The minimum Gasteiger partial charge on any atom is -0.395 e. The van der Waals surface area contributed by atoms with E-state index in [0.717, 1.165) is 5.69 Å². The summed E-state index contributed by atoms with van der Waals surface area (Å²) >= 11 is 1.41. The van der Waals surface area contributed by atoms with Crippen molar-refractivity contribution in [2.24, 2.45) is 5.92 Å². The van der Waals surface area contributed by atoms with Crippen molar-refractivity contribution in [3.05, 3.63) is 21.6 Å². The maximum absolute atomic E-state index is 12.6. The van der Waals surface area contributed by atoms with E-state index in [2.05, 4.69) is 4.98 Å². The van der Waals surface area contributed by atoms with Gasteiger partial charge in [0.2, 0.25) is 5.91 Å². The van der Waals surface area contributed by atoms with Crippen molar-refractivity contribution < 1.29 is 15.0 Å². The van der Waals surface area contributed by atoms with Crippen molar-refractivity contribution in [2.45, 2.75) is 32.0 Å². The lowest BCUT2D eigenvalue weighted by Crippen LogP contribution is -2.45. The Kier molecular flexibility index (Phi) is 6.20. The van der Waals surface area contributed by atoms with E-state index in [1.807, 2.05) is 13.8 Å². The third-order valence-electron chi connectivity index (χ3n) is 4.01. The second-order valence-electron chi connectivity index (χ2n) is 5.51. The van der Waals surface area contributed by atoms with Gasteiger partial charge in [-0.2, -0.15) is 0 Å². The largest absolute Gasteiger partial charge is 0.395 e. The molecule has 1 aromatic heterocycles. The Morgan fingerprint density at radius 2 is 2.04 bits per heavy atom. The summed E-state index contributed by atoms with van der Waals surface area (Å²) in [7, 11) is 0. The van der Waals surface area contributed by atoms with Crippen LogP contribution in [0.2, 0.25) is 0 Å². The number of carbonyl (C=O) groups is 1. The van der Waals surface area contributed by atoms with E-state index in [1.54, 1.807) is 4.57 Å². The first kappa shape index (κ1) is 18.0. The lowest BCUT2D eigenvalue weighted by atomic mass is 10.1. The standard InChI is InChI=1S/C15H23N3O4S/c1-3-12-10(2)16-15-18(14(12)22)8-11(9-23-15)13(21)17(4-6-19)5-7-20/h11,19-20H,3-9H2,1-2H3. The molecule has 0 bridgehead atoms. The molecule has 128 valence electrons. The van der Waals surface area contributed by atoms with Gasteiger partial charge in [-0.25, -0.2) is 4.98 Å². The number of rotatable bonds is 6. The highest BCUT2D eigenvalue weighted by atomic mass is 32.2. The summed E-state index contributed by atoms with van der Waals surface area (Å²) in [4.78, 5) is 31.1. The molecule has 1 aliphatic heterocycles. The molecule has 1 unspecified atom stereocenters. The van der Waals surface area contributed by atoms with Gasteiger partial charge in [-0.05, 0) is 13.3 Å². The molecule has 2 N–H and O–H groups in total. The number of hydrogen-bond donors (Lipinski definition) is 2. The molecule has 8 heteroatoms. The van der Waals surface area contributed by atoms with Gasteiger partial charge >= 0.3 is 0 Å². The number of aromatic nitrogens is 2. The smallest absolute Gasteiger partial charge is 0.257 e. The molecular weight excluding hydrogens is 318 g/mol. The van der Waals surface area contributed by atoms with Crippen molar-refractivity contribution in [3.8, 4) is 0 Å². The summed E-state index contributed by atoms with van der Waals surface area (Å²) in [6.45, 7) is 4.13. The van der Waals surface area contributed by atoms with E-state index in [0.29, 0.717) is 29.4 Å². The molecular formula is C15H23N3O4S. The first-order valence-corrected chi connectivity index (χ1v) is 8.75. The number of fused-ring (bicyclic) bond motifs is 1.